The van der Waals surface area contributed by atoms with Gasteiger partial charge in [-0.25, -0.2) is 0 Å². The van der Waals surface area contributed by atoms with E-state index in [4.69, 9.17) is 9.47 Å². The van der Waals surface area contributed by atoms with Gasteiger partial charge in [0.2, 0.25) is 11.4 Å². The number of hydrogen-bond donors (Lipinski definition) is 0. The van der Waals surface area contributed by atoms with Crippen LogP contribution in [0.15, 0.2) is 85.2 Å². The van der Waals surface area contributed by atoms with Crippen molar-refractivity contribution < 1.29 is 23.2 Å². The van der Waals surface area contributed by atoms with E-state index >= 15 is 0 Å². The van der Waals surface area contributed by atoms with Crippen LogP contribution in [0.4, 0.5) is 0 Å². The number of rotatable bonds is 0. The Labute approximate surface area is 161 Å². The van der Waals surface area contributed by atoms with Crippen molar-refractivity contribution in [3.63, 3.8) is 0 Å². The molecule has 0 saturated heterocycles. The van der Waals surface area contributed by atoms with Gasteiger partial charge in [-0.05, 0) is 33.4 Å². The molecule has 5 nitrogen and oxygen atoms in total. The molecule has 7 rings (SSSR count). The molecule has 0 bridgehead atoms. The summed E-state index contributed by atoms with van der Waals surface area (Å²) < 4.78 is 19.5. The summed E-state index contributed by atoms with van der Waals surface area (Å²) in [4.78, 5) is 0. The molecule has 132 valence electrons. The Hall–Kier alpha value is -3.73. The summed E-state index contributed by atoms with van der Waals surface area (Å²) in [5.74, 6) is 2.61. The summed E-state index contributed by atoms with van der Waals surface area (Å²) in [6.45, 7) is 0. The molecule has 5 heteroatoms. The van der Waals surface area contributed by atoms with E-state index < -0.39 is 5.79 Å². The molecular formula is C23H16N3O2+3. The Morgan fingerprint density at radius 2 is 1.32 bits per heavy atom. The van der Waals surface area contributed by atoms with E-state index in [1.807, 2.05) is 42.5 Å². The van der Waals surface area contributed by atoms with Gasteiger partial charge in [0.15, 0.2) is 23.9 Å². The predicted octanol–water partition coefficient (Wildman–Crippen LogP) is 2.42. The molecule has 28 heavy (non-hydrogen) atoms. The van der Waals surface area contributed by atoms with Crippen molar-refractivity contribution in [2.45, 2.75) is 12.2 Å². The lowest BCUT2D eigenvalue weighted by Gasteiger charge is -2.32. The van der Waals surface area contributed by atoms with E-state index in [0.717, 1.165) is 35.2 Å². The van der Waals surface area contributed by atoms with Gasteiger partial charge >= 0.3 is 17.5 Å². The zero-order valence-electron chi connectivity index (χ0n) is 14.9. The molecule has 1 atom stereocenters. The average molecular weight is 366 g/mol. The number of pyridine rings is 3. The summed E-state index contributed by atoms with van der Waals surface area (Å²) in [5.41, 5.74) is 3.46. The van der Waals surface area contributed by atoms with Crippen molar-refractivity contribution in [1.82, 2.24) is 0 Å². The highest BCUT2D eigenvalue weighted by atomic mass is 16.5. The Kier molecular flexibility index (Phi) is 2.44. The highest BCUT2D eigenvalue weighted by Gasteiger charge is 2.75. The molecule has 0 aliphatic carbocycles. The van der Waals surface area contributed by atoms with Gasteiger partial charge in [-0.2, -0.15) is 0 Å². The molecule has 0 fully saturated rings. The highest BCUT2D eigenvalue weighted by Crippen LogP contribution is 2.45. The molecule has 3 aliphatic rings. The van der Waals surface area contributed by atoms with Gasteiger partial charge in [0.05, 0.1) is 12.1 Å². The van der Waals surface area contributed by atoms with Crippen molar-refractivity contribution >= 4 is 0 Å². The van der Waals surface area contributed by atoms with Crippen LogP contribution in [0.2, 0.25) is 0 Å². The molecule has 0 amide bonds. The second-order valence-electron chi connectivity index (χ2n) is 7.31. The van der Waals surface area contributed by atoms with Crippen LogP contribution >= 0.6 is 0 Å². The summed E-state index contributed by atoms with van der Waals surface area (Å²) >= 11 is 0. The molecule has 0 saturated carbocycles. The third-order valence-corrected chi connectivity index (χ3v) is 5.90. The second kappa shape index (κ2) is 4.75. The quantitative estimate of drug-likeness (QED) is 0.386. The monoisotopic (exact) mass is 366 g/mol. The van der Waals surface area contributed by atoms with Crippen LogP contribution in [-0.2, 0) is 12.2 Å². The fourth-order valence-corrected chi connectivity index (χ4v) is 4.91. The molecule has 4 aromatic rings. The number of ether oxygens (including phenoxy) is 2. The molecule has 6 heterocycles. The zero-order valence-corrected chi connectivity index (χ0v) is 14.9. The van der Waals surface area contributed by atoms with E-state index in [1.54, 1.807) is 0 Å². The van der Waals surface area contributed by atoms with Crippen molar-refractivity contribution in [1.29, 1.82) is 0 Å². The average Bonchev–Trinajstić information content (AvgIpc) is 2.74. The van der Waals surface area contributed by atoms with Gasteiger partial charge in [-0.1, -0.05) is 16.7 Å². The van der Waals surface area contributed by atoms with Crippen molar-refractivity contribution in [3.05, 3.63) is 102 Å². The Morgan fingerprint density at radius 3 is 2.21 bits per heavy atom. The normalized spacial score (nSPS) is 19.3. The van der Waals surface area contributed by atoms with Gasteiger partial charge in [0, 0.05) is 24.3 Å². The standard InChI is InChI=1S/C23H16N3O2/c1-3-13-24-16(7-1)15-17-8-5-12-21-26(17)23(24)22-18(9-6-10-19(22)28-21)27-20-11-2-4-14-25(20)23/h1-14H,15H2/q+3. The van der Waals surface area contributed by atoms with Crippen LogP contribution in [0.1, 0.15) is 17.0 Å². The summed E-state index contributed by atoms with van der Waals surface area (Å²) in [6, 6.07) is 24.8. The van der Waals surface area contributed by atoms with E-state index in [1.165, 1.54) is 11.4 Å². The molecule has 1 spiro atoms. The molecule has 0 N–H and O–H groups in total. The first kappa shape index (κ1) is 14.3. The van der Waals surface area contributed by atoms with E-state index in [-0.39, 0.29) is 0 Å². The van der Waals surface area contributed by atoms with Crippen molar-refractivity contribution in [2.75, 3.05) is 0 Å². The molecule has 3 aliphatic heterocycles. The van der Waals surface area contributed by atoms with Crippen LogP contribution < -0.4 is 23.2 Å². The van der Waals surface area contributed by atoms with Crippen molar-refractivity contribution in [3.8, 4) is 23.3 Å². The lowest BCUT2D eigenvalue weighted by molar-refractivity contribution is -1.17. The van der Waals surface area contributed by atoms with Gasteiger partial charge < -0.3 is 9.47 Å². The van der Waals surface area contributed by atoms with E-state index in [0.29, 0.717) is 0 Å². The van der Waals surface area contributed by atoms with E-state index in [9.17, 15) is 0 Å². The van der Waals surface area contributed by atoms with Gasteiger partial charge in [0.1, 0.15) is 6.42 Å². The van der Waals surface area contributed by atoms with E-state index in [2.05, 4.69) is 56.4 Å². The van der Waals surface area contributed by atoms with Crippen LogP contribution in [0, 0.1) is 0 Å². The molecule has 1 aromatic carbocycles. The predicted molar refractivity (Wildman–Crippen MR) is 97.2 cm³/mol. The minimum atomic E-state index is -0.653. The minimum absolute atomic E-state index is 0.653. The maximum Gasteiger partial charge on any atom is 0.602 e. The SMILES string of the molecule is c1cc2c3c(c1)Oc1cccc4[n+]1C3([n+]1ccccc1C4)[n+]1ccccc1O2. The third-order valence-electron chi connectivity index (χ3n) is 5.90. The number of hydrogen-bond acceptors (Lipinski definition) is 2. The van der Waals surface area contributed by atoms with Crippen LogP contribution in [-0.4, -0.2) is 0 Å². The zero-order chi connectivity index (χ0) is 18.3. The molecular weight excluding hydrogens is 350 g/mol. The second-order valence-corrected chi connectivity index (χ2v) is 7.31. The number of aromatic nitrogens is 3. The molecule has 1 unspecified atom stereocenters. The fourth-order valence-electron chi connectivity index (χ4n) is 4.91. The Balaban J connectivity index is 1.77. The maximum atomic E-state index is 6.35. The number of nitrogens with zero attached hydrogens (tertiary/aromatic N) is 3. The summed E-state index contributed by atoms with van der Waals surface area (Å²) in [7, 11) is 0. The van der Waals surface area contributed by atoms with Gasteiger partial charge in [-0.3, -0.25) is 0 Å². The fraction of sp³-hybridized carbons (Fsp3) is 0.0870. The third kappa shape index (κ3) is 1.49. The first-order valence-electron chi connectivity index (χ1n) is 9.42. The summed E-state index contributed by atoms with van der Waals surface area (Å²) in [6.07, 6.45) is 5.08. The Bertz CT molecular complexity index is 1190. The molecule has 0 radical (unpaired) electrons. The Morgan fingerprint density at radius 1 is 0.643 bits per heavy atom. The van der Waals surface area contributed by atoms with Crippen LogP contribution in [0.25, 0.3) is 0 Å². The van der Waals surface area contributed by atoms with Gasteiger partial charge in [-0.15, -0.1) is 0 Å². The first-order valence-corrected chi connectivity index (χ1v) is 9.42. The number of fused-ring (bicyclic) bond motifs is 2. The molecule has 3 aromatic heterocycles. The smallest absolute Gasteiger partial charge is 0.403 e. The van der Waals surface area contributed by atoms with Crippen molar-refractivity contribution in [2.24, 2.45) is 0 Å². The minimum Gasteiger partial charge on any atom is -0.403 e. The lowest BCUT2D eigenvalue weighted by atomic mass is 9.95. The summed E-state index contributed by atoms with van der Waals surface area (Å²) in [5, 5.41) is 0. The van der Waals surface area contributed by atoms with Gasteiger partial charge in [0.25, 0.3) is 5.56 Å². The highest BCUT2D eigenvalue weighted by molar-refractivity contribution is 5.51. The van der Waals surface area contributed by atoms with Crippen LogP contribution in [0.3, 0.4) is 0 Å². The topological polar surface area (TPSA) is 30.1 Å². The maximum absolute atomic E-state index is 6.35. The number of benzene rings is 1. The van der Waals surface area contributed by atoms with Crippen LogP contribution in [0.5, 0.6) is 23.3 Å². The lowest BCUT2D eigenvalue weighted by Crippen LogP contribution is -2.91. The first-order chi connectivity index (χ1) is 13.9. The largest absolute Gasteiger partial charge is 0.602 e.